The average Bonchev–Trinajstić information content (AvgIpc) is 2.94. The molecule has 3 nitrogen and oxygen atoms in total. The van der Waals surface area contributed by atoms with E-state index in [4.69, 9.17) is 9.84 Å². The predicted molar refractivity (Wildman–Crippen MR) is 70.7 cm³/mol. The van der Waals surface area contributed by atoms with Crippen LogP contribution in [0.2, 0.25) is 0 Å². The number of fused-ring (bicyclic) bond motifs is 1. The SMILES string of the molecule is Cc1cc(C(=O)O)sc1-c1cccc2c1OCC2. The van der Waals surface area contributed by atoms with E-state index in [0.717, 1.165) is 28.2 Å². The van der Waals surface area contributed by atoms with Gasteiger partial charge in [-0.3, -0.25) is 0 Å². The normalized spacial score (nSPS) is 13.2. The van der Waals surface area contributed by atoms with Gasteiger partial charge in [-0.05, 0) is 30.2 Å². The number of para-hydroxylation sites is 1. The van der Waals surface area contributed by atoms with Crippen molar-refractivity contribution in [3.05, 3.63) is 40.3 Å². The zero-order valence-electron chi connectivity index (χ0n) is 9.90. The van der Waals surface area contributed by atoms with Crippen LogP contribution in [-0.4, -0.2) is 17.7 Å². The predicted octanol–water partition coefficient (Wildman–Crippen LogP) is 3.36. The maximum atomic E-state index is 11.0. The molecular weight excluding hydrogens is 248 g/mol. The van der Waals surface area contributed by atoms with Crippen molar-refractivity contribution in [2.24, 2.45) is 0 Å². The first-order valence-corrected chi connectivity index (χ1v) is 6.57. The van der Waals surface area contributed by atoms with Crippen LogP contribution in [0.4, 0.5) is 0 Å². The Kier molecular flexibility index (Phi) is 2.59. The summed E-state index contributed by atoms with van der Waals surface area (Å²) in [6.45, 7) is 2.65. The summed E-state index contributed by atoms with van der Waals surface area (Å²) in [5, 5.41) is 9.04. The molecule has 3 rings (SSSR count). The summed E-state index contributed by atoms with van der Waals surface area (Å²) in [5.74, 6) is 0.0437. The van der Waals surface area contributed by atoms with Gasteiger partial charge in [-0.2, -0.15) is 0 Å². The Labute approximate surface area is 109 Å². The largest absolute Gasteiger partial charge is 0.492 e. The summed E-state index contributed by atoms with van der Waals surface area (Å²) >= 11 is 1.31. The molecule has 2 aromatic rings. The molecule has 18 heavy (non-hydrogen) atoms. The lowest BCUT2D eigenvalue weighted by Crippen LogP contribution is -1.89. The Balaban J connectivity index is 2.16. The number of aryl methyl sites for hydroxylation is 1. The van der Waals surface area contributed by atoms with Crippen molar-refractivity contribution in [2.45, 2.75) is 13.3 Å². The number of hydrogen-bond donors (Lipinski definition) is 1. The first kappa shape index (κ1) is 11.3. The molecule has 0 saturated carbocycles. The van der Waals surface area contributed by atoms with E-state index in [0.29, 0.717) is 11.5 Å². The van der Waals surface area contributed by atoms with E-state index < -0.39 is 5.97 Å². The Hall–Kier alpha value is -1.81. The van der Waals surface area contributed by atoms with Gasteiger partial charge in [0.2, 0.25) is 0 Å². The number of hydrogen-bond acceptors (Lipinski definition) is 3. The van der Waals surface area contributed by atoms with Crippen molar-refractivity contribution in [3.8, 4) is 16.2 Å². The van der Waals surface area contributed by atoms with Crippen LogP contribution in [-0.2, 0) is 6.42 Å². The summed E-state index contributed by atoms with van der Waals surface area (Å²) in [7, 11) is 0. The summed E-state index contributed by atoms with van der Waals surface area (Å²) < 4.78 is 5.67. The molecule has 1 N–H and O–H groups in total. The minimum absolute atomic E-state index is 0.373. The van der Waals surface area contributed by atoms with E-state index in [1.54, 1.807) is 6.07 Å². The molecule has 0 unspecified atom stereocenters. The van der Waals surface area contributed by atoms with Gasteiger partial charge < -0.3 is 9.84 Å². The smallest absolute Gasteiger partial charge is 0.345 e. The third kappa shape index (κ3) is 1.69. The molecule has 4 heteroatoms. The Bertz CT molecular complexity index is 628. The third-order valence-electron chi connectivity index (χ3n) is 3.09. The highest BCUT2D eigenvalue weighted by Gasteiger charge is 2.20. The van der Waals surface area contributed by atoms with E-state index in [1.807, 2.05) is 19.1 Å². The van der Waals surface area contributed by atoms with Gasteiger partial charge in [-0.15, -0.1) is 11.3 Å². The van der Waals surface area contributed by atoms with Gasteiger partial charge >= 0.3 is 5.97 Å². The number of carbonyl (C=O) groups is 1. The van der Waals surface area contributed by atoms with Crippen LogP contribution in [0.5, 0.6) is 5.75 Å². The van der Waals surface area contributed by atoms with Crippen molar-refractivity contribution in [3.63, 3.8) is 0 Å². The fourth-order valence-corrected chi connectivity index (χ4v) is 3.28. The van der Waals surface area contributed by atoms with Gasteiger partial charge in [-0.1, -0.05) is 12.1 Å². The molecule has 92 valence electrons. The molecule has 0 amide bonds. The van der Waals surface area contributed by atoms with Crippen LogP contribution in [0.15, 0.2) is 24.3 Å². The number of ether oxygens (including phenoxy) is 1. The van der Waals surface area contributed by atoms with Crippen molar-refractivity contribution in [2.75, 3.05) is 6.61 Å². The summed E-state index contributed by atoms with van der Waals surface area (Å²) in [4.78, 5) is 12.4. The van der Waals surface area contributed by atoms with E-state index in [-0.39, 0.29) is 0 Å². The number of carboxylic acid groups (broad SMARTS) is 1. The minimum atomic E-state index is -0.872. The van der Waals surface area contributed by atoms with Gasteiger partial charge in [0, 0.05) is 16.9 Å². The molecule has 1 aromatic heterocycles. The standard InChI is InChI=1S/C14H12O3S/c1-8-7-11(14(15)16)18-13(8)10-4-2-3-9-5-6-17-12(9)10/h2-4,7H,5-6H2,1H3,(H,15,16). The summed E-state index contributed by atoms with van der Waals surface area (Å²) in [5.41, 5.74) is 3.21. The van der Waals surface area contributed by atoms with E-state index in [2.05, 4.69) is 6.07 Å². The fourth-order valence-electron chi connectivity index (χ4n) is 2.25. The lowest BCUT2D eigenvalue weighted by Gasteiger charge is -2.06. The zero-order valence-corrected chi connectivity index (χ0v) is 10.7. The van der Waals surface area contributed by atoms with Crippen LogP contribution in [0.3, 0.4) is 0 Å². The molecule has 0 atom stereocenters. The zero-order chi connectivity index (χ0) is 12.7. The lowest BCUT2D eigenvalue weighted by molar-refractivity contribution is 0.0702. The molecule has 1 aliphatic rings. The molecule has 0 saturated heterocycles. The van der Waals surface area contributed by atoms with Crippen LogP contribution >= 0.6 is 11.3 Å². The monoisotopic (exact) mass is 260 g/mol. The number of aromatic carboxylic acids is 1. The maximum Gasteiger partial charge on any atom is 0.345 e. The van der Waals surface area contributed by atoms with Crippen molar-refractivity contribution in [1.29, 1.82) is 0 Å². The Morgan fingerprint density at radius 1 is 1.44 bits per heavy atom. The second-order valence-electron chi connectivity index (χ2n) is 4.32. The lowest BCUT2D eigenvalue weighted by atomic mass is 10.0. The molecule has 1 aromatic carbocycles. The van der Waals surface area contributed by atoms with Gasteiger partial charge in [0.1, 0.15) is 10.6 Å². The maximum absolute atomic E-state index is 11.0. The van der Waals surface area contributed by atoms with Crippen molar-refractivity contribution >= 4 is 17.3 Å². The number of thiophene rings is 1. The first-order valence-electron chi connectivity index (χ1n) is 5.75. The molecule has 0 bridgehead atoms. The van der Waals surface area contributed by atoms with Gasteiger partial charge in [0.15, 0.2) is 0 Å². The highest BCUT2D eigenvalue weighted by atomic mass is 32.1. The molecule has 0 spiro atoms. The van der Waals surface area contributed by atoms with Gasteiger partial charge in [-0.25, -0.2) is 4.79 Å². The van der Waals surface area contributed by atoms with E-state index in [9.17, 15) is 4.79 Å². The van der Waals surface area contributed by atoms with E-state index in [1.165, 1.54) is 16.9 Å². The van der Waals surface area contributed by atoms with Gasteiger partial charge in [0.25, 0.3) is 0 Å². The second kappa shape index (κ2) is 4.14. The van der Waals surface area contributed by atoms with Crippen molar-refractivity contribution < 1.29 is 14.6 Å². The van der Waals surface area contributed by atoms with E-state index >= 15 is 0 Å². The molecule has 2 heterocycles. The highest BCUT2D eigenvalue weighted by Crippen LogP contribution is 2.41. The summed E-state index contributed by atoms with van der Waals surface area (Å²) in [6, 6.07) is 7.78. The molecule has 0 radical (unpaired) electrons. The Morgan fingerprint density at radius 2 is 2.28 bits per heavy atom. The molecule has 1 aliphatic heterocycles. The number of benzene rings is 1. The average molecular weight is 260 g/mol. The minimum Gasteiger partial charge on any atom is -0.492 e. The molecular formula is C14H12O3S. The van der Waals surface area contributed by atoms with Crippen molar-refractivity contribution in [1.82, 2.24) is 0 Å². The number of carboxylic acids is 1. The van der Waals surface area contributed by atoms with Crippen LogP contribution in [0.25, 0.3) is 10.4 Å². The molecule has 0 fully saturated rings. The van der Waals surface area contributed by atoms with Crippen LogP contribution in [0.1, 0.15) is 20.8 Å². The summed E-state index contributed by atoms with van der Waals surface area (Å²) in [6.07, 6.45) is 0.930. The second-order valence-corrected chi connectivity index (χ2v) is 5.37. The quantitative estimate of drug-likeness (QED) is 0.900. The first-order chi connectivity index (χ1) is 8.66. The number of rotatable bonds is 2. The van der Waals surface area contributed by atoms with Gasteiger partial charge in [0.05, 0.1) is 6.61 Å². The Morgan fingerprint density at radius 3 is 3.00 bits per heavy atom. The highest BCUT2D eigenvalue weighted by molar-refractivity contribution is 7.17. The van der Waals surface area contributed by atoms with Crippen LogP contribution < -0.4 is 4.74 Å². The fraction of sp³-hybridized carbons (Fsp3) is 0.214. The molecule has 0 aliphatic carbocycles. The third-order valence-corrected chi connectivity index (χ3v) is 4.35. The van der Waals surface area contributed by atoms with Crippen LogP contribution in [0, 0.1) is 6.92 Å². The topological polar surface area (TPSA) is 46.5 Å².